The van der Waals surface area contributed by atoms with Crippen LogP contribution in [0.15, 0.2) is 18.2 Å². The number of aromatic nitrogens is 1. The maximum absolute atomic E-state index is 13.2. The van der Waals surface area contributed by atoms with Crippen LogP contribution >= 0.6 is 0 Å². The van der Waals surface area contributed by atoms with Crippen molar-refractivity contribution >= 4 is 23.8 Å². The van der Waals surface area contributed by atoms with E-state index in [-0.39, 0.29) is 74.8 Å². The molecule has 17 heteroatoms. The fourth-order valence-electron chi connectivity index (χ4n) is 4.46. The Kier molecular flexibility index (Phi) is 20.3. The van der Waals surface area contributed by atoms with Crippen LogP contribution in [0.25, 0.3) is 0 Å². The third-order valence-corrected chi connectivity index (χ3v) is 7.34. The van der Waals surface area contributed by atoms with Gasteiger partial charge >= 0.3 is 23.0 Å². The van der Waals surface area contributed by atoms with E-state index in [4.69, 9.17) is 19.7 Å². The predicted molar refractivity (Wildman–Crippen MR) is 164 cm³/mol. The molecule has 6 N–H and O–H groups in total. The van der Waals surface area contributed by atoms with Gasteiger partial charge in [0, 0.05) is 45.6 Å². The van der Waals surface area contributed by atoms with Crippen LogP contribution in [-0.4, -0.2) is 155 Å². The zero-order valence-corrected chi connectivity index (χ0v) is 28.3. The number of hydrogen-bond donors (Lipinski definition) is 6. The first-order valence-electron chi connectivity index (χ1n) is 15.2. The number of aliphatic hydroxyl groups excluding tert-OH is 4. The Labute approximate surface area is 286 Å². The average molecular weight is 708 g/mol. The molecule has 1 aromatic heterocycles. The zero-order valence-electron chi connectivity index (χ0n) is 27.1. The molecule has 47 heavy (non-hydrogen) atoms. The molecule has 1 aliphatic heterocycles. The number of pyridine rings is 1. The van der Waals surface area contributed by atoms with E-state index < -0.39 is 55.4 Å². The van der Waals surface area contributed by atoms with E-state index in [9.17, 15) is 29.4 Å². The molecule has 16 nitrogen and oxygen atoms in total. The maximum Gasteiger partial charge on any atom is 2.00 e. The van der Waals surface area contributed by atoms with Crippen molar-refractivity contribution in [1.82, 2.24) is 30.3 Å². The van der Waals surface area contributed by atoms with Gasteiger partial charge in [-0.2, -0.15) is 6.07 Å². The Morgan fingerprint density at radius 2 is 1.47 bits per heavy atom. The number of nitrogens with zero attached hydrogens (tertiary/aromatic N) is 4. The molecule has 1 radical (unpaired) electrons. The van der Waals surface area contributed by atoms with Gasteiger partial charge in [-0.15, -0.1) is 12.7 Å². The number of nitrogens with one attached hydrogen (secondary N) is 2. The number of amides is 2. The van der Waals surface area contributed by atoms with Crippen molar-refractivity contribution in [2.45, 2.75) is 56.5 Å². The summed E-state index contributed by atoms with van der Waals surface area (Å²) in [6.07, 6.45) is -1.95. The van der Waals surface area contributed by atoms with E-state index in [2.05, 4.69) is 15.6 Å². The summed E-state index contributed by atoms with van der Waals surface area (Å²) < 4.78 is 11.0. The number of aliphatic hydroxyl groups is 4. The fraction of sp³-hybridized carbons (Fsp3) is 0.633. The minimum atomic E-state index is -1.08. The van der Waals surface area contributed by atoms with E-state index in [0.717, 1.165) is 0 Å². The summed E-state index contributed by atoms with van der Waals surface area (Å²) >= 11 is 0. The number of carbonyl (C=O) groups is 4. The first-order valence-corrected chi connectivity index (χ1v) is 15.2. The monoisotopic (exact) mass is 707 g/mol. The number of rotatable bonds is 12. The van der Waals surface area contributed by atoms with Crippen LogP contribution in [0.3, 0.4) is 0 Å². The molecular weight excluding hydrogens is 659 g/mol. The van der Waals surface area contributed by atoms with Gasteiger partial charge in [-0.1, -0.05) is 18.3 Å². The van der Waals surface area contributed by atoms with Crippen LogP contribution in [0.4, 0.5) is 0 Å². The second-order valence-corrected chi connectivity index (χ2v) is 11.3. The second-order valence-electron chi connectivity index (χ2n) is 11.3. The molecule has 0 fully saturated rings. The quantitative estimate of drug-likeness (QED) is 0.0746. The van der Waals surface area contributed by atoms with Gasteiger partial charge in [0.25, 0.3) is 5.97 Å². The standard InChI is InChI=1S/C30H48N6O10.Mn/c1-34-11-12-35(2)25(7-9-27(41)31-15-23(39)18-37)30(44)46-20-22-6-4-5-21(33-22)17-36(3)26(29(43)45-14-13-34)8-10-28(42)32-16-24(40)19-38;/h4-6,14,20,23-26,37-40H,7-13,15-19H2,1-3H3,(H,31,41)(H,32,42);/q-2;+2. The first-order chi connectivity index (χ1) is 21.9. The van der Waals surface area contributed by atoms with Gasteiger partial charge in [-0.3, -0.25) is 34.0 Å². The normalized spacial score (nSPS) is 20.7. The molecule has 1 aliphatic rings. The molecule has 2 rings (SSSR count). The van der Waals surface area contributed by atoms with Gasteiger partial charge in [-0.25, -0.2) is 0 Å². The van der Waals surface area contributed by atoms with Crippen molar-refractivity contribution in [3.63, 3.8) is 0 Å². The van der Waals surface area contributed by atoms with Gasteiger partial charge < -0.3 is 45.4 Å². The van der Waals surface area contributed by atoms with Crippen LogP contribution < -0.4 is 10.6 Å². The Morgan fingerprint density at radius 3 is 2.04 bits per heavy atom. The number of fused-ring (bicyclic) bond motifs is 2. The number of likely N-dealkylation sites (N-methyl/N-ethyl adjacent to an activating group) is 3. The van der Waals surface area contributed by atoms with Crippen molar-refractivity contribution in [2.24, 2.45) is 0 Å². The SMILES string of the molecule is CN1C[CH-]OC(=O)C(CCC(=O)NCC(O)CO)N(C)Cc2cccc(n2)[CH-]OC(=O)C(CCC(=O)NCC(O)CO)N(C)CC1.[Mn+2]. The van der Waals surface area contributed by atoms with E-state index in [0.29, 0.717) is 24.5 Å². The minimum Gasteiger partial charge on any atom is -0.635 e. The van der Waals surface area contributed by atoms with Crippen LogP contribution in [-0.2, 0) is 52.3 Å². The number of ether oxygens (including phenoxy) is 2. The summed E-state index contributed by atoms with van der Waals surface area (Å²) in [6, 6.07) is 3.52. The number of hydrogen-bond acceptors (Lipinski definition) is 14. The molecule has 4 atom stereocenters. The average Bonchev–Trinajstić information content (AvgIpc) is 3.03. The zero-order chi connectivity index (χ0) is 34.1. The first kappa shape index (κ1) is 42.2. The third kappa shape index (κ3) is 16.2. The Morgan fingerprint density at radius 1 is 0.915 bits per heavy atom. The number of cyclic esters (lactones) is 2. The molecular formula is C30H48MnN6O10. The minimum absolute atomic E-state index is 0. The van der Waals surface area contributed by atoms with Gasteiger partial charge in [0.05, 0.1) is 31.1 Å². The predicted octanol–water partition coefficient (Wildman–Crippen LogP) is -2.62. The summed E-state index contributed by atoms with van der Waals surface area (Å²) in [5, 5.41) is 41.9. The van der Waals surface area contributed by atoms with E-state index >= 15 is 0 Å². The summed E-state index contributed by atoms with van der Waals surface area (Å²) in [4.78, 5) is 60.9. The van der Waals surface area contributed by atoms with E-state index in [1.54, 1.807) is 42.1 Å². The van der Waals surface area contributed by atoms with Crippen LogP contribution in [0.2, 0.25) is 0 Å². The Bertz CT molecular complexity index is 1120. The Balaban J connectivity index is 0.0000110. The molecule has 265 valence electrons. The van der Waals surface area contributed by atoms with Gasteiger partial charge in [0.1, 0.15) is 12.1 Å². The van der Waals surface area contributed by atoms with Gasteiger partial charge in [0.15, 0.2) is 0 Å². The molecule has 0 saturated carbocycles. The molecule has 1 aromatic rings. The summed E-state index contributed by atoms with van der Waals surface area (Å²) in [6.45, 7) is 2.76. The summed E-state index contributed by atoms with van der Waals surface area (Å²) in [7, 11) is 5.24. The second kappa shape index (κ2) is 22.7. The summed E-state index contributed by atoms with van der Waals surface area (Å²) in [5.74, 6) is -1.91. The topological polar surface area (TPSA) is 214 Å². The molecule has 0 aliphatic carbocycles. The van der Waals surface area contributed by atoms with Crippen molar-refractivity contribution in [2.75, 3.05) is 67.1 Å². The van der Waals surface area contributed by atoms with Crippen molar-refractivity contribution in [1.29, 1.82) is 0 Å². The summed E-state index contributed by atoms with van der Waals surface area (Å²) in [5.41, 5.74) is 0.910. The molecule has 4 unspecified atom stereocenters. The molecule has 2 heterocycles. The van der Waals surface area contributed by atoms with Gasteiger partial charge in [0.2, 0.25) is 11.8 Å². The van der Waals surface area contributed by atoms with Crippen molar-refractivity contribution in [3.8, 4) is 0 Å². The van der Waals surface area contributed by atoms with Crippen molar-refractivity contribution in [3.05, 3.63) is 42.8 Å². The molecule has 0 aromatic carbocycles. The Hall–Kier alpha value is -2.86. The fourth-order valence-corrected chi connectivity index (χ4v) is 4.46. The maximum atomic E-state index is 13.2. The molecule has 2 bridgehead atoms. The van der Waals surface area contributed by atoms with E-state index in [1.165, 1.54) is 13.2 Å². The van der Waals surface area contributed by atoms with Crippen LogP contribution in [0.1, 0.15) is 37.1 Å². The third-order valence-electron chi connectivity index (χ3n) is 7.34. The molecule has 0 saturated heterocycles. The molecule has 2 amide bonds. The number of carbonyl (C=O) groups excluding carboxylic acids is 4. The largest absolute Gasteiger partial charge is 2.00 e. The van der Waals surface area contributed by atoms with Crippen LogP contribution in [0.5, 0.6) is 0 Å². The molecule has 0 spiro atoms. The number of esters is 2. The smallest absolute Gasteiger partial charge is 0.635 e. The van der Waals surface area contributed by atoms with Gasteiger partial charge in [-0.05, 0) is 40.6 Å². The van der Waals surface area contributed by atoms with Crippen LogP contribution in [0, 0.1) is 13.2 Å². The van der Waals surface area contributed by atoms with E-state index in [1.807, 2.05) is 11.9 Å². The van der Waals surface area contributed by atoms with Crippen molar-refractivity contribution < 1.29 is 66.1 Å².